The number of hydrogen-bond acceptors (Lipinski definition) is 5. The minimum absolute atomic E-state index is 0.000514. The van der Waals surface area contributed by atoms with Crippen molar-refractivity contribution in [1.82, 2.24) is 5.32 Å². The number of hydrogen-bond donors (Lipinski definition) is 2. The lowest BCUT2D eigenvalue weighted by atomic mass is 10.1. The largest absolute Gasteiger partial charge is 0.504 e. The third-order valence-corrected chi connectivity index (χ3v) is 5.82. The minimum Gasteiger partial charge on any atom is -0.504 e. The van der Waals surface area contributed by atoms with E-state index in [1.165, 1.54) is 24.3 Å². The van der Waals surface area contributed by atoms with Crippen molar-refractivity contribution in [2.45, 2.75) is 57.9 Å². The summed E-state index contributed by atoms with van der Waals surface area (Å²) in [6.45, 7) is 6.32. The van der Waals surface area contributed by atoms with E-state index in [0.29, 0.717) is 17.9 Å². The Morgan fingerprint density at radius 3 is 2.52 bits per heavy atom. The van der Waals surface area contributed by atoms with Gasteiger partial charge in [-0.15, -0.1) is 0 Å². The first kappa shape index (κ1) is 24.5. The van der Waals surface area contributed by atoms with Gasteiger partial charge in [0.05, 0.1) is 0 Å². The van der Waals surface area contributed by atoms with Crippen LogP contribution in [0.15, 0.2) is 59.5 Å². The molecule has 31 heavy (non-hydrogen) atoms. The molecule has 0 atom stereocenters. The molecule has 0 bridgehead atoms. The van der Waals surface area contributed by atoms with Crippen LogP contribution in [0.3, 0.4) is 0 Å². The molecular weight excluding hydrogens is 414 g/mol. The van der Waals surface area contributed by atoms with Crippen LogP contribution in [0.2, 0.25) is 0 Å². The third-order valence-electron chi connectivity index (χ3n) is 4.57. The quantitative estimate of drug-likeness (QED) is 0.293. The van der Waals surface area contributed by atoms with E-state index in [2.05, 4.69) is 31.3 Å². The SMILES string of the molecule is Cc1ccc(S(=O)(=O)Oc2cc(CNC(=O)CCCC/C=C/C(C)C)ccc2O)cc1. The maximum atomic E-state index is 12.5. The Bertz CT molecular complexity index is 995. The van der Waals surface area contributed by atoms with Crippen molar-refractivity contribution in [2.75, 3.05) is 0 Å². The summed E-state index contributed by atoms with van der Waals surface area (Å²) in [5, 5.41) is 12.8. The van der Waals surface area contributed by atoms with Crippen molar-refractivity contribution in [3.63, 3.8) is 0 Å². The van der Waals surface area contributed by atoms with Gasteiger partial charge in [-0.05, 0) is 61.9 Å². The Labute approximate surface area is 185 Å². The van der Waals surface area contributed by atoms with Crippen LogP contribution in [0, 0.1) is 12.8 Å². The molecule has 0 aliphatic carbocycles. The number of rotatable bonds is 11. The number of unbranched alkanes of at least 4 members (excludes halogenated alkanes) is 2. The summed E-state index contributed by atoms with van der Waals surface area (Å²) in [6, 6.07) is 10.6. The molecule has 2 aromatic rings. The van der Waals surface area contributed by atoms with Crippen LogP contribution < -0.4 is 9.50 Å². The lowest BCUT2D eigenvalue weighted by Crippen LogP contribution is -2.22. The van der Waals surface area contributed by atoms with Gasteiger partial charge in [-0.1, -0.05) is 49.8 Å². The summed E-state index contributed by atoms with van der Waals surface area (Å²) in [4.78, 5) is 12.0. The summed E-state index contributed by atoms with van der Waals surface area (Å²) >= 11 is 0. The zero-order valence-electron chi connectivity index (χ0n) is 18.3. The van der Waals surface area contributed by atoms with Crippen molar-refractivity contribution >= 4 is 16.0 Å². The van der Waals surface area contributed by atoms with E-state index in [0.717, 1.165) is 24.8 Å². The molecule has 0 fully saturated rings. The molecule has 0 aliphatic heterocycles. The highest BCUT2D eigenvalue weighted by atomic mass is 32.2. The fraction of sp³-hybridized carbons (Fsp3) is 0.375. The summed E-state index contributed by atoms with van der Waals surface area (Å²) in [5.74, 6) is -0.00510. The van der Waals surface area contributed by atoms with E-state index >= 15 is 0 Å². The predicted octanol–water partition coefficient (Wildman–Crippen LogP) is 4.86. The number of phenols is 1. The van der Waals surface area contributed by atoms with Crippen molar-refractivity contribution in [3.05, 3.63) is 65.7 Å². The molecule has 0 saturated carbocycles. The van der Waals surface area contributed by atoms with Gasteiger partial charge < -0.3 is 14.6 Å². The fourth-order valence-electron chi connectivity index (χ4n) is 2.81. The number of nitrogens with one attached hydrogen (secondary N) is 1. The zero-order valence-corrected chi connectivity index (χ0v) is 19.1. The fourth-order valence-corrected chi connectivity index (χ4v) is 3.75. The number of carbonyl (C=O) groups excluding carboxylic acids is 1. The second-order valence-electron chi connectivity index (χ2n) is 7.85. The summed E-state index contributed by atoms with van der Waals surface area (Å²) in [5.41, 5.74) is 1.55. The van der Waals surface area contributed by atoms with Gasteiger partial charge in [0.1, 0.15) is 4.90 Å². The molecule has 0 saturated heterocycles. The van der Waals surface area contributed by atoms with Gasteiger partial charge in [0.15, 0.2) is 11.5 Å². The van der Waals surface area contributed by atoms with Gasteiger partial charge in [-0.3, -0.25) is 4.79 Å². The van der Waals surface area contributed by atoms with E-state index in [4.69, 9.17) is 4.18 Å². The Morgan fingerprint density at radius 1 is 1.13 bits per heavy atom. The van der Waals surface area contributed by atoms with Crippen molar-refractivity contribution in [1.29, 1.82) is 0 Å². The maximum Gasteiger partial charge on any atom is 0.339 e. The standard InChI is InChI=1S/C24H31NO5S/c1-18(2)8-6-4-5-7-9-24(27)25-17-20-12-15-22(26)23(16-20)30-31(28,29)21-13-10-19(3)11-14-21/h6,8,10-16,18,26H,4-5,7,9,17H2,1-3H3,(H,25,27)/b8-6+. The Balaban J connectivity index is 1.89. The van der Waals surface area contributed by atoms with Gasteiger partial charge in [0.25, 0.3) is 0 Å². The number of benzene rings is 2. The first-order valence-electron chi connectivity index (χ1n) is 10.4. The third kappa shape index (κ3) is 8.45. The first-order valence-corrected chi connectivity index (χ1v) is 11.8. The highest BCUT2D eigenvalue weighted by molar-refractivity contribution is 7.87. The van der Waals surface area contributed by atoms with E-state index in [1.54, 1.807) is 18.2 Å². The lowest BCUT2D eigenvalue weighted by molar-refractivity contribution is -0.121. The van der Waals surface area contributed by atoms with Gasteiger partial charge in [-0.2, -0.15) is 8.42 Å². The Hall–Kier alpha value is -2.80. The Morgan fingerprint density at radius 2 is 1.84 bits per heavy atom. The van der Waals surface area contributed by atoms with E-state index in [-0.39, 0.29) is 28.8 Å². The smallest absolute Gasteiger partial charge is 0.339 e. The summed E-state index contributed by atoms with van der Waals surface area (Å²) < 4.78 is 30.1. The van der Waals surface area contributed by atoms with Gasteiger partial charge in [0.2, 0.25) is 5.91 Å². The molecule has 7 heteroatoms. The second-order valence-corrected chi connectivity index (χ2v) is 9.39. The number of phenolic OH excluding ortho intramolecular Hbond substituents is 1. The number of aromatic hydroxyl groups is 1. The molecule has 0 aliphatic rings. The minimum atomic E-state index is -4.08. The molecule has 6 nitrogen and oxygen atoms in total. The van der Waals surface area contributed by atoms with Gasteiger partial charge in [0, 0.05) is 13.0 Å². The average Bonchev–Trinajstić information content (AvgIpc) is 2.71. The van der Waals surface area contributed by atoms with Gasteiger partial charge in [-0.25, -0.2) is 0 Å². The Kier molecular flexibility index (Phi) is 9.12. The van der Waals surface area contributed by atoms with E-state index < -0.39 is 10.1 Å². The first-order chi connectivity index (χ1) is 14.7. The number of allylic oxidation sites excluding steroid dienone is 2. The number of carbonyl (C=O) groups is 1. The molecule has 0 spiro atoms. The van der Waals surface area contributed by atoms with E-state index in [9.17, 15) is 18.3 Å². The molecule has 0 heterocycles. The molecular formula is C24H31NO5S. The van der Waals surface area contributed by atoms with Crippen LogP contribution in [-0.4, -0.2) is 19.4 Å². The molecule has 2 rings (SSSR count). The monoisotopic (exact) mass is 445 g/mol. The van der Waals surface area contributed by atoms with Crippen LogP contribution in [0.5, 0.6) is 11.5 Å². The normalized spacial score (nSPS) is 11.7. The van der Waals surface area contributed by atoms with Crippen molar-refractivity contribution < 1.29 is 22.5 Å². The molecule has 2 N–H and O–H groups in total. The zero-order chi connectivity index (χ0) is 22.9. The summed E-state index contributed by atoms with van der Waals surface area (Å²) in [7, 11) is -4.08. The molecule has 0 radical (unpaired) electrons. The second kappa shape index (κ2) is 11.6. The molecule has 168 valence electrons. The van der Waals surface area contributed by atoms with Crippen LogP contribution >= 0.6 is 0 Å². The molecule has 1 amide bonds. The van der Waals surface area contributed by atoms with Crippen molar-refractivity contribution in [3.8, 4) is 11.5 Å². The molecule has 0 unspecified atom stereocenters. The van der Waals surface area contributed by atoms with Crippen LogP contribution in [0.25, 0.3) is 0 Å². The lowest BCUT2D eigenvalue weighted by Gasteiger charge is -2.11. The van der Waals surface area contributed by atoms with E-state index in [1.807, 2.05) is 6.92 Å². The topological polar surface area (TPSA) is 92.7 Å². The summed E-state index contributed by atoms with van der Waals surface area (Å²) in [6.07, 6.45) is 7.44. The van der Waals surface area contributed by atoms with Crippen LogP contribution in [-0.2, 0) is 21.5 Å². The highest BCUT2D eigenvalue weighted by Gasteiger charge is 2.19. The predicted molar refractivity (Wildman–Crippen MR) is 121 cm³/mol. The van der Waals surface area contributed by atoms with Crippen LogP contribution in [0.4, 0.5) is 0 Å². The molecule has 0 aromatic heterocycles. The maximum absolute atomic E-state index is 12.5. The highest BCUT2D eigenvalue weighted by Crippen LogP contribution is 2.30. The average molecular weight is 446 g/mol. The number of amides is 1. The van der Waals surface area contributed by atoms with Gasteiger partial charge >= 0.3 is 10.1 Å². The van der Waals surface area contributed by atoms with Crippen LogP contribution in [0.1, 0.15) is 50.7 Å². The number of aryl methyl sites for hydroxylation is 1. The van der Waals surface area contributed by atoms with Crippen molar-refractivity contribution in [2.24, 2.45) is 5.92 Å². The molecule has 2 aromatic carbocycles.